The van der Waals surface area contributed by atoms with Crippen molar-refractivity contribution in [1.29, 1.82) is 0 Å². The number of piperidine rings is 1. The molecule has 1 fully saturated rings. The van der Waals surface area contributed by atoms with Gasteiger partial charge in [-0.3, -0.25) is 4.79 Å². The number of hydrogen-bond donors (Lipinski definition) is 1. The smallest absolute Gasteiger partial charge is 0.393 e. The van der Waals surface area contributed by atoms with Crippen LogP contribution in [0, 0.1) is 5.92 Å². The van der Waals surface area contributed by atoms with Crippen molar-refractivity contribution in [2.24, 2.45) is 5.92 Å². The molecule has 0 saturated carbocycles. The molecule has 2 unspecified atom stereocenters. The van der Waals surface area contributed by atoms with Crippen LogP contribution < -0.4 is 5.32 Å². The number of alkyl halides is 3. The number of carbonyl (C=O) groups excluding carboxylic acids is 1. The fraction of sp³-hybridized carbons (Fsp3) is 0.923. The molecular formula is C13H23F3N2O2. The Bertz CT molecular complexity index is 336. The lowest BCUT2D eigenvalue weighted by molar-refractivity contribution is -0.187. The van der Waals surface area contributed by atoms with Gasteiger partial charge in [-0.25, -0.2) is 0 Å². The average molecular weight is 296 g/mol. The Morgan fingerprint density at radius 2 is 2.10 bits per heavy atom. The molecule has 0 amide bonds. The molecule has 0 radical (unpaired) electrons. The van der Waals surface area contributed by atoms with E-state index in [1.165, 1.54) is 7.11 Å². The molecule has 0 bridgehead atoms. The van der Waals surface area contributed by atoms with E-state index in [0.717, 1.165) is 0 Å². The number of esters is 1. The van der Waals surface area contributed by atoms with Crippen LogP contribution in [0.25, 0.3) is 0 Å². The van der Waals surface area contributed by atoms with Crippen molar-refractivity contribution in [3.8, 4) is 0 Å². The molecule has 2 atom stereocenters. The van der Waals surface area contributed by atoms with Crippen LogP contribution in [0.1, 0.15) is 26.7 Å². The van der Waals surface area contributed by atoms with E-state index >= 15 is 0 Å². The van der Waals surface area contributed by atoms with Gasteiger partial charge in [0.05, 0.1) is 13.0 Å². The average Bonchev–Trinajstić information content (AvgIpc) is 2.37. The van der Waals surface area contributed by atoms with Crippen LogP contribution in [0.15, 0.2) is 0 Å². The maximum absolute atomic E-state index is 12.8. The third kappa shape index (κ3) is 4.34. The number of likely N-dealkylation sites (tertiary alicyclic amines) is 1. The molecule has 20 heavy (non-hydrogen) atoms. The van der Waals surface area contributed by atoms with Gasteiger partial charge in [-0.15, -0.1) is 0 Å². The van der Waals surface area contributed by atoms with Crippen LogP contribution in [0.3, 0.4) is 0 Å². The number of likely N-dealkylation sites (N-methyl/N-ethyl adjacent to an activating group) is 1. The Labute approximate surface area is 117 Å². The first kappa shape index (κ1) is 17.2. The second-order valence-corrected chi connectivity index (χ2v) is 5.47. The Kier molecular flexibility index (Phi) is 5.82. The van der Waals surface area contributed by atoms with Crippen molar-refractivity contribution < 1.29 is 22.7 Å². The second kappa shape index (κ2) is 6.76. The Balaban J connectivity index is 2.71. The number of ether oxygens (including phenoxy) is 1. The first-order valence-corrected chi connectivity index (χ1v) is 6.85. The van der Waals surface area contributed by atoms with Crippen molar-refractivity contribution in [1.82, 2.24) is 10.2 Å². The van der Waals surface area contributed by atoms with E-state index in [-0.39, 0.29) is 19.5 Å². The van der Waals surface area contributed by atoms with E-state index in [1.807, 2.05) is 6.92 Å². The summed E-state index contributed by atoms with van der Waals surface area (Å²) in [7, 11) is 1.28. The van der Waals surface area contributed by atoms with Crippen LogP contribution in [0.5, 0.6) is 0 Å². The quantitative estimate of drug-likeness (QED) is 0.786. The molecule has 0 aromatic heterocycles. The third-order valence-electron chi connectivity index (χ3n) is 3.71. The fourth-order valence-corrected chi connectivity index (χ4v) is 2.72. The summed E-state index contributed by atoms with van der Waals surface area (Å²) in [6.07, 6.45) is -3.51. The molecule has 1 rings (SSSR count). The number of hydrogen-bond acceptors (Lipinski definition) is 4. The lowest BCUT2D eigenvalue weighted by Gasteiger charge is -2.38. The number of nitrogens with one attached hydrogen (secondary N) is 1. The van der Waals surface area contributed by atoms with Gasteiger partial charge in [0.1, 0.15) is 5.54 Å². The van der Waals surface area contributed by atoms with Gasteiger partial charge in [0.2, 0.25) is 0 Å². The summed E-state index contributed by atoms with van der Waals surface area (Å²) >= 11 is 0. The largest absolute Gasteiger partial charge is 0.468 e. The van der Waals surface area contributed by atoms with E-state index in [0.29, 0.717) is 19.5 Å². The molecule has 1 saturated heterocycles. The van der Waals surface area contributed by atoms with Gasteiger partial charge < -0.3 is 15.0 Å². The van der Waals surface area contributed by atoms with E-state index in [1.54, 1.807) is 11.8 Å². The molecule has 0 spiro atoms. The molecule has 0 aromatic rings. The predicted molar refractivity (Wildman–Crippen MR) is 69.3 cm³/mol. The lowest BCUT2D eigenvalue weighted by Crippen LogP contribution is -2.59. The number of nitrogens with zero attached hydrogens (tertiary/aromatic N) is 1. The maximum Gasteiger partial charge on any atom is 0.393 e. The van der Waals surface area contributed by atoms with Crippen molar-refractivity contribution in [3.05, 3.63) is 0 Å². The summed E-state index contributed by atoms with van der Waals surface area (Å²) in [5, 5.41) is 3.01. The summed E-state index contributed by atoms with van der Waals surface area (Å²) in [6.45, 7) is 4.80. The molecule has 1 N–H and O–H groups in total. The van der Waals surface area contributed by atoms with E-state index in [2.05, 4.69) is 5.32 Å². The lowest BCUT2D eigenvalue weighted by atomic mass is 9.94. The fourth-order valence-electron chi connectivity index (χ4n) is 2.72. The minimum absolute atomic E-state index is 0.0541. The van der Waals surface area contributed by atoms with Gasteiger partial charge >= 0.3 is 12.1 Å². The molecule has 4 nitrogen and oxygen atoms in total. The minimum Gasteiger partial charge on any atom is -0.468 e. The highest BCUT2D eigenvalue weighted by molar-refractivity contribution is 5.80. The highest BCUT2D eigenvalue weighted by atomic mass is 19.4. The van der Waals surface area contributed by atoms with Gasteiger partial charge in [0, 0.05) is 13.1 Å². The topological polar surface area (TPSA) is 41.6 Å². The number of carbonyl (C=O) groups is 1. The summed E-state index contributed by atoms with van der Waals surface area (Å²) in [6, 6.07) is 0. The summed E-state index contributed by atoms with van der Waals surface area (Å²) in [5.41, 5.74) is -0.975. The number of methoxy groups -OCH3 is 1. The van der Waals surface area contributed by atoms with Gasteiger partial charge in [0.25, 0.3) is 0 Å². The zero-order chi connectivity index (χ0) is 15.4. The highest BCUT2D eigenvalue weighted by Gasteiger charge is 2.44. The van der Waals surface area contributed by atoms with E-state index in [4.69, 9.17) is 4.74 Å². The first-order chi connectivity index (χ1) is 9.23. The van der Waals surface area contributed by atoms with Gasteiger partial charge in [-0.05, 0) is 32.9 Å². The Hall–Kier alpha value is -0.820. The maximum atomic E-state index is 12.8. The normalized spacial score (nSPS) is 24.2. The van der Waals surface area contributed by atoms with Gasteiger partial charge in [-0.1, -0.05) is 6.92 Å². The highest BCUT2D eigenvalue weighted by Crippen LogP contribution is 2.33. The Morgan fingerprint density at radius 1 is 1.45 bits per heavy atom. The summed E-state index contributed by atoms with van der Waals surface area (Å²) < 4.78 is 43.1. The monoisotopic (exact) mass is 296 g/mol. The standard InChI is InChI=1S/C13H23F3N2O2/c1-4-17-12(2,11(19)20-3)9-18-7-5-6-10(8-18)13(14,15)16/h10,17H,4-9H2,1-3H3. The first-order valence-electron chi connectivity index (χ1n) is 6.85. The van der Waals surface area contributed by atoms with Crippen LogP contribution >= 0.6 is 0 Å². The van der Waals surface area contributed by atoms with E-state index in [9.17, 15) is 18.0 Å². The summed E-state index contributed by atoms with van der Waals surface area (Å²) in [4.78, 5) is 13.5. The van der Waals surface area contributed by atoms with Crippen LogP contribution in [-0.2, 0) is 9.53 Å². The van der Waals surface area contributed by atoms with Gasteiger partial charge in [-0.2, -0.15) is 13.2 Å². The van der Waals surface area contributed by atoms with Crippen LogP contribution in [-0.4, -0.2) is 55.9 Å². The van der Waals surface area contributed by atoms with Crippen LogP contribution in [0.4, 0.5) is 13.2 Å². The molecular weight excluding hydrogens is 273 g/mol. The van der Waals surface area contributed by atoms with Crippen molar-refractivity contribution >= 4 is 5.97 Å². The predicted octanol–water partition coefficient (Wildman–Crippen LogP) is 1.80. The zero-order valence-electron chi connectivity index (χ0n) is 12.2. The van der Waals surface area contributed by atoms with Crippen LogP contribution in [0.2, 0.25) is 0 Å². The molecule has 1 heterocycles. The van der Waals surface area contributed by atoms with E-state index < -0.39 is 23.6 Å². The van der Waals surface area contributed by atoms with Crippen molar-refractivity contribution in [2.75, 3.05) is 33.3 Å². The molecule has 118 valence electrons. The third-order valence-corrected chi connectivity index (χ3v) is 3.71. The van der Waals surface area contributed by atoms with Gasteiger partial charge in [0.15, 0.2) is 0 Å². The molecule has 0 aromatic carbocycles. The van der Waals surface area contributed by atoms with Crippen molar-refractivity contribution in [3.63, 3.8) is 0 Å². The second-order valence-electron chi connectivity index (χ2n) is 5.47. The number of halogens is 3. The zero-order valence-corrected chi connectivity index (χ0v) is 12.2. The number of rotatable bonds is 5. The Morgan fingerprint density at radius 3 is 2.60 bits per heavy atom. The van der Waals surface area contributed by atoms with Crippen molar-refractivity contribution in [2.45, 2.75) is 38.4 Å². The minimum atomic E-state index is -4.17. The molecule has 1 aliphatic rings. The SMILES string of the molecule is CCNC(C)(CN1CCCC(C(F)(F)F)C1)C(=O)OC. The molecule has 7 heteroatoms. The molecule has 0 aliphatic carbocycles. The molecule has 1 aliphatic heterocycles. The summed E-state index contributed by atoms with van der Waals surface area (Å²) in [5.74, 6) is -1.76.